The van der Waals surface area contributed by atoms with E-state index in [-0.39, 0.29) is 23.9 Å². The standard InChI is InChI=1S/C17H18N4O5S/c1-20-15(23)9-27-13-7-18-21(17(24)16(13)20)8-14(22)19-11-6-10(25-2)4-5-12(11)26-3/h4-7H,8-9H2,1-3H3,(H,19,22). The lowest BCUT2D eigenvalue weighted by molar-refractivity contribution is -0.117. The maximum Gasteiger partial charge on any atom is 0.292 e. The minimum atomic E-state index is -0.497. The molecule has 142 valence electrons. The smallest absolute Gasteiger partial charge is 0.292 e. The second-order valence-corrected chi connectivity index (χ2v) is 6.69. The molecule has 0 fully saturated rings. The average molecular weight is 390 g/mol. The fraction of sp³-hybridized carbons (Fsp3) is 0.294. The van der Waals surface area contributed by atoms with Crippen LogP contribution in [0.2, 0.25) is 0 Å². The van der Waals surface area contributed by atoms with E-state index in [9.17, 15) is 14.4 Å². The lowest BCUT2D eigenvalue weighted by atomic mass is 10.2. The number of thioether (sulfide) groups is 1. The first kappa shape index (κ1) is 18.8. The molecule has 0 saturated heterocycles. The number of rotatable bonds is 5. The van der Waals surface area contributed by atoms with Crippen molar-refractivity contribution in [3.05, 3.63) is 34.7 Å². The van der Waals surface area contributed by atoms with Gasteiger partial charge in [0.25, 0.3) is 5.56 Å². The molecule has 1 N–H and O–H groups in total. The van der Waals surface area contributed by atoms with E-state index in [0.717, 1.165) is 4.68 Å². The molecule has 1 aromatic carbocycles. The molecule has 10 heteroatoms. The van der Waals surface area contributed by atoms with Crippen LogP contribution >= 0.6 is 11.8 Å². The molecule has 0 unspecified atom stereocenters. The fourth-order valence-electron chi connectivity index (χ4n) is 2.59. The molecule has 0 saturated carbocycles. The lowest BCUT2D eigenvalue weighted by Crippen LogP contribution is -2.40. The Morgan fingerprint density at radius 3 is 2.78 bits per heavy atom. The van der Waals surface area contributed by atoms with E-state index in [1.807, 2.05) is 0 Å². The Balaban J connectivity index is 1.84. The van der Waals surface area contributed by atoms with Crippen molar-refractivity contribution in [3.8, 4) is 11.5 Å². The Labute approximate surface area is 159 Å². The first-order valence-electron chi connectivity index (χ1n) is 7.96. The van der Waals surface area contributed by atoms with Crippen LogP contribution in [0.25, 0.3) is 0 Å². The van der Waals surface area contributed by atoms with Gasteiger partial charge in [0.1, 0.15) is 23.7 Å². The number of fused-ring (bicyclic) bond motifs is 1. The van der Waals surface area contributed by atoms with E-state index in [1.54, 1.807) is 18.2 Å². The van der Waals surface area contributed by atoms with Crippen LogP contribution in [-0.2, 0) is 16.1 Å². The van der Waals surface area contributed by atoms with Crippen LogP contribution in [0.1, 0.15) is 0 Å². The van der Waals surface area contributed by atoms with Crippen molar-refractivity contribution in [2.75, 3.05) is 37.2 Å². The molecule has 2 aromatic rings. The predicted molar refractivity (Wildman–Crippen MR) is 101 cm³/mol. The highest BCUT2D eigenvalue weighted by molar-refractivity contribution is 8.00. The van der Waals surface area contributed by atoms with E-state index < -0.39 is 11.5 Å². The van der Waals surface area contributed by atoms with Crippen LogP contribution < -0.4 is 25.2 Å². The van der Waals surface area contributed by atoms with Gasteiger partial charge in [0.05, 0.1) is 36.8 Å². The third kappa shape index (κ3) is 3.75. The maximum absolute atomic E-state index is 12.6. The van der Waals surface area contributed by atoms with Crippen molar-refractivity contribution in [1.29, 1.82) is 0 Å². The van der Waals surface area contributed by atoms with E-state index in [2.05, 4.69) is 10.4 Å². The topological polar surface area (TPSA) is 103 Å². The number of anilines is 2. The molecule has 0 atom stereocenters. The first-order valence-corrected chi connectivity index (χ1v) is 8.94. The summed E-state index contributed by atoms with van der Waals surface area (Å²) in [6, 6.07) is 4.98. The summed E-state index contributed by atoms with van der Waals surface area (Å²) in [5, 5.41) is 6.72. The molecule has 1 aromatic heterocycles. The predicted octanol–water partition coefficient (Wildman–Crippen LogP) is 0.968. The number of carbonyl (C=O) groups excluding carboxylic acids is 2. The number of hydrogen-bond donors (Lipinski definition) is 1. The summed E-state index contributed by atoms with van der Waals surface area (Å²) < 4.78 is 11.4. The summed E-state index contributed by atoms with van der Waals surface area (Å²) in [7, 11) is 4.53. The van der Waals surface area contributed by atoms with Crippen molar-refractivity contribution >= 4 is 35.0 Å². The van der Waals surface area contributed by atoms with Gasteiger partial charge in [0, 0.05) is 13.1 Å². The lowest BCUT2D eigenvalue weighted by Gasteiger charge is -2.24. The number of nitrogens with zero attached hydrogens (tertiary/aromatic N) is 3. The number of nitrogens with one attached hydrogen (secondary N) is 1. The zero-order valence-electron chi connectivity index (χ0n) is 15.0. The summed E-state index contributed by atoms with van der Waals surface area (Å²) in [4.78, 5) is 38.8. The number of methoxy groups -OCH3 is 2. The van der Waals surface area contributed by atoms with E-state index in [4.69, 9.17) is 9.47 Å². The van der Waals surface area contributed by atoms with E-state index in [1.165, 1.54) is 44.1 Å². The van der Waals surface area contributed by atoms with Crippen molar-refractivity contribution in [2.24, 2.45) is 0 Å². The molecule has 0 spiro atoms. The molecule has 0 radical (unpaired) electrons. The van der Waals surface area contributed by atoms with Crippen LogP contribution in [-0.4, -0.2) is 48.6 Å². The highest BCUT2D eigenvalue weighted by Gasteiger charge is 2.26. The Morgan fingerprint density at radius 1 is 1.30 bits per heavy atom. The molecule has 27 heavy (non-hydrogen) atoms. The number of carbonyl (C=O) groups is 2. The Bertz CT molecular complexity index is 959. The number of hydrogen-bond acceptors (Lipinski definition) is 7. The van der Waals surface area contributed by atoms with Gasteiger partial charge in [-0.25, -0.2) is 4.68 Å². The molecule has 2 amide bonds. The summed E-state index contributed by atoms with van der Waals surface area (Å²) >= 11 is 1.26. The molecule has 2 heterocycles. The molecule has 0 aliphatic carbocycles. The fourth-order valence-corrected chi connectivity index (χ4v) is 3.54. The van der Waals surface area contributed by atoms with Gasteiger partial charge in [-0.3, -0.25) is 14.4 Å². The van der Waals surface area contributed by atoms with Crippen LogP contribution in [0.5, 0.6) is 11.5 Å². The SMILES string of the molecule is COc1ccc(OC)c(NC(=O)Cn2ncc3c(c2=O)N(C)C(=O)CS3)c1. The largest absolute Gasteiger partial charge is 0.497 e. The van der Waals surface area contributed by atoms with Gasteiger partial charge in [0.2, 0.25) is 11.8 Å². The Morgan fingerprint density at radius 2 is 2.07 bits per heavy atom. The monoisotopic (exact) mass is 390 g/mol. The summed E-state index contributed by atoms with van der Waals surface area (Å²) in [6.07, 6.45) is 1.49. The third-order valence-corrected chi connectivity index (χ3v) is 5.02. The van der Waals surface area contributed by atoms with Crippen molar-refractivity contribution < 1.29 is 19.1 Å². The van der Waals surface area contributed by atoms with Crippen LogP contribution in [0, 0.1) is 0 Å². The molecule has 0 bridgehead atoms. The quantitative estimate of drug-likeness (QED) is 0.811. The van der Waals surface area contributed by atoms with Crippen molar-refractivity contribution in [2.45, 2.75) is 11.4 Å². The van der Waals surface area contributed by atoms with Crippen LogP contribution in [0.15, 0.2) is 34.1 Å². The highest BCUT2D eigenvalue weighted by Crippen LogP contribution is 2.31. The van der Waals surface area contributed by atoms with Gasteiger partial charge in [-0.1, -0.05) is 0 Å². The van der Waals surface area contributed by atoms with Gasteiger partial charge >= 0.3 is 0 Å². The van der Waals surface area contributed by atoms with Gasteiger partial charge in [-0.2, -0.15) is 5.10 Å². The van der Waals surface area contributed by atoms with Gasteiger partial charge in [-0.05, 0) is 12.1 Å². The maximum atomic E-state index is 12.6. The Kier molecular flexibility index (Phi) is 5.36. The number of aromatic nitrogens is 2. The summed E-state index contributed by atoms with van der Waals surface area (Å²) in [5.41, 5.74) is 0.150. The number of amides is 2. The molecular weight excluding hydrogens is 372 g/mol. The third-order valence-electron chi connectivity index (χ3n) is 4.02. The normalized spacial score (nSPS) is 13.1. The zero-order chi connectivity index (χ0) is 19.6. The van der Waals surface area contributed by atoms with Gasteiger partial charge in [0.15, 0.2) is 0 Å². The minimum absolute atomic E-state index is 0.173. The molecular formula is C17H18N4O5S. The van der Waals surface area contributed by atoms with Gasteiger partial charge < -0.3 is 19.7 Å². The zero-order valence-corrected chi connectivity index (χ0v) is 15.8. The summed E-state index contributed by atoms with van der Waals surface area (Å²) in [6.45, 7) is -0.306. The van der Waals surface area contributed by atoms with Crippen LogP contribution in [0.4, 0.5) is 11.4 Å². The number of benzene rings is 1. The van der Waals surface area contributed by atoms with E-state index in [0.29, 0.717) is 22.1 Å². The molecule has 3 rings (SSSR count). The summed E-state index contributed by atoms with van der Waals surface area (Å²) in [5.74, 6) is 0.621. The van der Waals surface area contributed by atoms with Crippen LogP contribution in [0.3, 0.4) is 0 Å². The minimum Gasteiger partial charge on any atom is -0.497 e. The number of ether oxygens (including phenoxy) is 2. The van der Waals surface area contributed by atoms with Gasteiger partial charge in [-0.15, -0.1) is 11.8 Å². The molecule has 1 aliphatic rings. The molecule has 1 aliphatic heterocycles. The average Bonchev–Trinajstić information content (AvgIpc) is 2.66. The molecule has 9 nitrogen and oxygen atoms in total. The first-order chi connectivity index (χ1) is 12.9. The second kappa shape index (κ2) is 7.70. The van der Waals surface area contributed by atoms with E-state index >= 15 is 0 Å². The Hall–Kier alpha value is -3.01. The second-order valence-electron chi connectivity index (χ2n) is 5.68. The van der Waals surface area contributed by atoms with Crippen molar-refractivity contribution in [1.82, 2.24) is 9.78 Å². The van der Waals surface area contributed by atoms with Crippen molar-refractivity contribution in [3.63, 3.8) is 0 Å². The highest BCUT2D eigenvalue weighted by atomic mass is 32.2.